The number of carbonyl (C=O) groups excluding carboxylic acids is 1. The van der Waals surface area contributed by atoms with E-state index in [0.29, 0.717) is 9.21 Å². The first-order valence-corrected chi connectivity index (χ1v) is 12.1. The number of ketones is 1. The molecule has 11 heteroatoms. The molecule has 0 spiro atoms. The largest absolute Gasteiger partial charge is 0.396 e. The highest BCUT2D eigenvalue weighted by Crippen LogP contribution is 2.30. The maximum atomic E-state index is 14.4. The van der Waals surface area contributed by atoms with Gasteiger partial charge in [0.2, 0.25) is 0 Å². The number of nitrogens with zero attached hydrogens (tertiary/aromatic N) is 3. The standard InChI is InChI=1S/C24H19Cl2F2N3O3S/c25-18-6-3-5-17(22(18)28)15(13-32)10-16(33)12-31-24(34)30(11-14-4-1-2-7-19(14)27)23(29-31)20-8-9-21(26)35-20/h1-9,15,32H,10-13H2. The summed E-state index contributed by atoms with van der Waals surface area (Å²) in [5.74, 6) is -2.23. The fourth-order valence-electron chi connectivity index (χ4n) is 3.72. The second-order valence-electron chi connectivity index (χ2n) is 7.81. The van der Waals surface area contributed by atoms with Crippen molar-refractivity contribution in [3.05, 3.63) is 97.2 Å². The summed E-state index contributed by atoms with van der Waals surface area (Å²) in [6, 6.07) is 13.7. The summed E-state index contributed by atoms with van der Waals surface area (Å²) in [7, 11) is 0. The molecule has 0 aliphatic rings. The number of rotatable bonds is 9. The van der Waals surface area contributed by atoms with E-state index in [-0.39, 0.29) is 34.9 Å². The molecule has 4 rings (SSSR count). The van der Waals surface area contributed by atoms with E-state index < -0.39 is 42.2 Å². The number of benzene rings is 2. The van der Waals surface area contributed by atoms with Gasteiger partial charge in [-0.15, -0.1) is 16.4 Å². The number of Topliss-reactive ketones (excluding diaryl/α,β-unsaturated/α-hetero) is 1. The molecular weight excluding hydrogens is 519 g/mol. The number of hydrogen-bond acceptors (Lipinski definition) is 5. The lowest BCUT2D eigenvalue weighted by Crippen LogP contribution is -2.29. The predicted octanol–water partition coefficient (Wildman–Crippen LogP) is 5.14. The van der Waals surface area contributed by atoms with Crippen molar-refractivity contribution in [2.75, 3.05) is 6.61 Å². The molecule has 1 unspecified atom stereocenters. The molecule has 0 saturated heterocycles. The Morgan fingerprint density at radius 2 is 1.86 bits per heavy atom. The van der Waals surface area contributed by atoms with Crippen LogP contribution in [0.3, 0.4) is 0 Å². The van der Waals surface area contributed by atoms with Crippen LogP contribution in [-0.2, 0) is 17.9 Å². The van der Waals surface area contributed by atoms with Gasteiger partial charge in [-0.3, -0.25) is 9.36 Å². The Bertz CT molecular complexity index is 1430. The zero-order valence-corrected chi connectivity index (χ0v) is 20.5. The molecule has 0 amide bonds. The average molecular weight is 538 g/mol. The Hall–Kier alpha value is -2.85. The van der Waals surface area contributed by atoms with Crippen LogP contribution in [0.2, 0.25) is 9.36 Å². The van der Waals surface area contributed by atoms with E-state index in [9.17, 15) is 23.5 Å². The van der Waals surface area contributed by atoms with E-state index in [1.54, 1.807) is 30.3 Å². The molecule has 0 aliphatic heterocycles. The van der Waals surface area contributed by atoms with Crippen LogP contribution in [0.15, 0.2) is 59.4 Å². The monoisotopic (exact) mass is 537 g/mol. The smallest absolute Gasteiger partial charge is 0.346 e. The molecule has 2 aromatic carbocycles. The molecule has 0 bridgehead atoms. The number of aromatic nitrogens is 3. The first-order chi connectivity index (χ1) is 16.8. The van der Waals surface area contributed by atoms with Gasteiger partial charge in [0.15, 0.2) is 11.6 Å². The van der Waals surface area contributed by atoms with Crippen LogP contribution in [0, 0.1) is 11.6 Å². The molecule has 0 aliphatic carbocycles. The number of carbonyl (C=O) groups is 1. The SMILES string of the molecule is O=C(CC(CO)c1cccc(Cl)c1F)Cn1nc(-c2ccc(Cl)s2)n(Cc2ccccc2F)c1=O. The average Bonchev–Trinajstić information content (AvgIpc) is 3.39. The Morgan fingerprint density at radius 3 is 2.54 bits per heavy atom. The summed E-state index contributed by atoms with van der Waals surface area (Å²) in [6.07, 6.45) is -0.236. The summed E-state index contributed by atoms with van der Waals surface area (Å²) in [5.41, 5.74) is -0.225. The van der Waals surface area contributed by atoms with Crippen LogP contribution < -0.4 is 5.69 Å². The summed E-state index contributed by atoms with van der Waals surface area (Å²) < 4.78 is 31.4. The third-order valence-electron chi connectivity index (χ3n) is 5.44. The number of hydrogen-bond donors (Lipinski definition) is 1. The van der Waals surface area contributed by atoms with Crippen molar-refractivity contribution < 1.29 is 18.7 Å². The Labute approximate surface area is 213 Å². The van der Waals surface area contributed by atoms with Crippen molar-refractivity contribution in [1.29, 1.82) is 0 Å². The van der Waals surface area contributed by atoms with E-state index in [1.165, 1.54) is 40.2 Å². The van der Waals surface area contributed by atoms with E-state index in [1.807, 2.05) is 0 Å². The van der Waals surface area contributed by atoms with Crippen LogP contribution >= 0.6 is 34.5 Å². The van der Waals surface area contributed by atoms with Crippen molar-refractivity contribution in [1.82, 2.24) is 14.3 Å². The normalized spacial score (nSPS) is 12.1. The van der Waals surface area contributed by atoms with E-state index >= 15 is 0 Å². The second-order valence-corrected chi connectivity index (χ2v) is 9.93. The highest BCUT2D eigenvalue weighted by atomic mass is 35.5. The van der Waals surface area contributed by atoms with Gasteiger partial charge in [-0.2, -0.15) is 0 Å². The first kappa shape index (κ1) is 25.2. The third kappa shape index (κ3) is 5.54. The molecule has 35 heavy (non-hydrogen) atoms. The summed E-state index contributed by atoms with van der Waals surface area (Å²) in [6.45, 7) is -0.996. The first-order valence-electron chi connectivity index (χ1n) is 10.5. The fourth-order valence-corrected chi connectivity index (χ4v) is 4.93. The van der Waals surface area contributed by atoms with Crippen molar-refractivity contribution in [2.24, 2.45) is 0 Å². The molecular formula is C24H19Cl2F2N3O3S. The van der Waals surface area contributed by atoms with Gasteiger partial charge in [0, 0.05) is 17.9 Å². The second kappa shape index (κ2) is 10.8. The van der Waals surface area contributed by atoms with E-state index in [2.05, 4.69) is 5.10 Å². The fraction of sp³-hybridized carbons (Fsp3) is 0.208. The van der Waals surface area contributed by atoms with Crippen LogP contribution in [0.1, 0.15) is 23.5 Å². The van der Waals surface area contributed by atoms with Gasteiger partial charge < -0.3 is 5.11 Å². The quantitative estimate of drug-likeness (QED) is 0.320. The molecule has 2 aromatic heterocycles. The van der Waals surface area contributed by atoms with Crippen LogP contribution in [0.5, 0.6) is 0 Å². The molecule has 0 fully saturated rings. The van der Waals surface area contributed by atoms with Crippen molar-refractivity contribution in [2.45, 2.75) is 25.4 Å². The highest BCUT2D eigenvalue weighted by Gasteiger charge is 2.23. The summed E-state index contributed by atoms with van der Waals surface area (Å²) in [4.78, 5) is 26.6. The zero-order chi connectivity index (χ0) is 25.1. The minimum absolute atomic E-state index is 0.0997. The minimum atomic E-state index is -0.840. The van der Waals surface area contributed by atoms with Crippen molar-refractivity contribution >= 4 is 40.3 Å². The Morgan fingerprint density at radius 1 is 1.09 bits per heavy atom. The minimum Gasteiger partial charge on any atom is -0.396 e. The van der Waals surface area contributed by atoms with Gasteiger partial charge in [-0.25, -0.2) is 18.3 Å². The van der Waals surface area contributed by atoms with Crippen molar-refractivity contribution in [3.8, 4) is 10.7 Å². The predicted molar refractivity (Wildman–Crippen MR) is 131 cm³/mol. The molecule has 0 radical (unpaired) electrons. The molecule has 6 nitrogen and oxygen atoms in total. The third-order valence-corrected chi connectivity index (χ3v) is 6.96. The number of halogens is 4. The Kier molecular flexibility index (Phi) is 7.81. The van der Waals surface area contributed by atoms with Gasteiger partial charge in [0.25, 0.3) is 0 Å². The van der Waals surface area contributed by atoms with Gasteiger partial charge in [-0.05, 0) is 29.8 Å². The van der Waals surface area contributed by atoms with E-state index in [0.717, 1.165) is 4.68 Å². The molecule has 4 aromatic rings. The molecule has 182 valence electrons. The lowest BCUT2D eigenvalue weighted by molar-refractivity contribution is -0.120. The molecule has 1 N–H and O–H groups in total. The van der Waals surface area contributed by atoms with Gasteiger partial charge in [-0.1, -0.05) is 53.5 Å². The topological polar surface area (TPSA) is 77.1 Å². The zero-order valence-electron chi connectivity index (χ0n) is 18.1. The van der Waals surface area contributed by atoms with Crippen LogP contribution in [0.4, 0.5) is 8.78 Å². The maximum absolute atomic E-state index is 14.4. The van der Waals surface area contributed by atoms with Gasteiger partial charge >= 0.3 is 5.69 Å². The lowest BCUT2D eigenvalue weighted by atomic mass is 9.94. The molecule has 1 atom stereocenters. The van der Waals surface area contributed by atoms with Gasteiger partial charge in [0.1, 0.15) is 18.2 Å². The number of aliphatic hydroxyl groups is 1. The van der Waals surface area contributed by atoms with Crippen LogP contribution in [-0.4, -0.2) is 31.8 Å². The summed E-state index contributed by atoms with van der Waals surface area (Å²) in [5, 5.41) is 14.0. The maximum Gasteiger partial charge on any atom is 0.346 e. The number of thiophene rings is 1. The van der Waals surface area contributed by atoms with Crippen molar-refractivity contribution in [3.63, 3.8) is 0 Å². The van der Waals surface area contributed by atoms with E-state index in [4.69, 9.17) is 23.2 Å². The number of aliphatic hydroxyl groups excluding tert-OH is 1. The van der Waals surface area contributed by atoms with Crippen LogP contribution in [0.25, 0.3) is 10.7 Å². The molecule has 2 heterocycles. The molecule has 0 saturated carbocycles. The highest BCUT2D eigenvalue weighted by molar-refractivity contribution is 7.19. The summed E-state index contributed by atoms with van der Waals surface area (Å²) >= 11 is 13.1. The lowest BCUT2D eigenvalue weighted by Gasteiger charge is -2.15. The van der Waals surface area contributed by atoms with Gasteiger partial charge in [0.05, 0.1) is 27.4 Å². The Balaban J connectivity index is 1.64.